The van der Waals surface area contributed by atoms with Crippen LogP contribution in [0.15, 0.2) is 72.9 Å². The van der Waals surface area contributed by atoms with Gasteiger partial charge in [0.05, 0.1) is 0 Å². The van der Waals surface area contributed by atoms with Crippen LogP contribution in [-0.4, -0.2) is 17.4 Å². The Labute approximate surface area is 161 Å². The summed E-state index contributed by atoms with van der Waals surface area (Å²) in [5.41, 5.74) is 1.14. The highest BCUT2D eigenvalue weighted by molar-refractivity contribution is 5.91. The summed E-state index contributed by atoms with van der Waals surface area (Å²) in [6.07, 6.45) is 4.78. The maximum atomic E-state index is 13.5. The van der Waals surface area contributed by atoms with Crippen LogP contribution in [0.2, 0.25) is 0 Å². The van der Waals surface area contributed by atoms with Gasteiger partial charge in [-0.25, -0.2) is 13.8 Å². The third-order valence-electron chi connectivity index (χ3n) is 3.85. The van der Waals surface area contributed by atoms with E-state index in [1.54, 1.807) is 12.3 Å². The van der Waals surface area contributed by atoms with Crippen molar-refractivity contribution in [3.05, 3.63) is 95.7 Å². The summed E-state index contributed by atoms with van der Waals surface area (Å²) < 4.78 is 32.1. The van der Waals surface area contributed by atoms with Gasteiger partial charge in [0.25, 0.3) is 0 Å². The Morgan fingerprint density at radius 3 is 2.75 bits per heavy atom. The number of halogens is 2. The molecule has 0 saturated heterocycles. The van der Waals surface area contributed by atoms with Crippen LogP contribution in [0.3, 0.4) is 0 Å². The molecule has 0 bridgehead atoms. The van der Waals surface area contributed by atoms with Crippen LogP contribution in [0, 0.1) is 11.6 Å². The summed E-state index contributed by atoms with van der Waals surface area (Å²) in [6, 6.07) is 16.1. The average molecular weight is 380 g/mol. The summed E-state index contributed by atoms with van der Waals surface area (Å²) in [7, 11) is 0. The first kappa shape index (κ1) is 19.2. The largest absolute Gasteiger partial charge is 0.439 e. The molecule has 0 atom stereocenters. The van der Waals surface area contributed by atoms with Gasteiger partial charge in [-0.05, 0) is 48.4 Å². The van der Waals surface area contributed by atoms with Crippen molar-refractivity contribution in [3.8, 4) is 11.6 Å². The first-order valence-electron chi connectivity index (χ1n) is 8.69. The smallest absolute Gasteiger partial charge is 0.244 e. The monoisotopic (exact) mass is 380 g/mol. The van der Waals surface area contributed by atoms with Gasteiger partial charge >= 0.3 is 0 Å². The minimum Gasteiger partial charge on any atom is -0.439 e. The molecule has 0 aliphatic heterocycles. The number of nitrogens with zero attached hydrogens (tertiary/aromatic N) is 1. The zero-order valence-corrected chi connectivity index (χ0v) is 14.9. The van der Waals surface area contributed by atoms with E-state index in [1.807, 2.05) is 36.4 Å². The fourth-order valence-corrected chi connectivity index (χ4v) is 2.48. The zero-order valence-electron chi connectivity index (χ0n) is 14.9. The first-order valence-corrected chi connectivity index (χ1v) is 8.69. The molecule has 0 saturated carbocycles. The van der Waals surface area contributed by atoms with Gasteiger partial charge in [0, 0.05) is 36.5 Å². The lowest BCUT2D eigenvalue weighted by Gasteiger charge is -2.07. The van der Waals surface area contributed by atoms with Gasteiger partial charge in [-0.1, -0.05) is 18.2 Å². The molecule has 1 heterocycles. The van der Waals surface area contributed by atoms with Crippen molar-refractivity contribution in [2.75, 3.05) is 6.54 Å². The Balaban J connectivity index is 1.50. The van der Waals surface area contributed by atoms with Crippen molar-refractivity contribution in [1.82, 2.24) is 10.3 Å². The third-order valence-corrected chi connectivity index (χ3v) is 3.85. The van der Waals surface area contributed by atoms with Crippen molar-refractivity contribution in [1.29, 1.82) is 0 Å². The Bertz CT molecular complexity index is 975. The van der Waals surface area contributed by atoms with Crippen molar-refractivity contribution >= 4 is 12.0 Å². The second-order valence-corrected chi connectivity index (χ2v) is 5.96. The number of amides is 1. The number of hydrogen-bond acceptors (Lipinski definition) is 3. The predicted octanol–water partition coefficient (Wildman–Crippen LogP) is 4.52. The second-order valence-electron chi connectivity index (χ2n) is 5.96. The van der Waals surface area contributed by atoms with Crippen molar-refractivity contribution in [3.63, 3.8) is 0 Å². The van der Waals surface area contributed by atoms with Crippen LogP contribution in [0.1, 0.15) is 11.1 Å². The van der Waals surface area contributed by atoms with Gasteiger partial charge in [-0.3, -0.25) is 4.79 Å². The van der Waals surface area contributed by atoms with E-state index >= 15 is 0 Å². The Kier molecular flexibility index (Phi) is 6.46. The molecule has 0 fully saturated rings. The van der Waals surface area contributed by atoms with E-state index in [-0.39, 0.29) is 11.5 Å². The van der Waals surface area contributed by atoms with E-state index in [9.17, 15) is 13.6 Å². The molecule has 2 aromatic carbocycles. The first-order chi connectivity index (χ1) is 13.6. The van der Waals surface area contributed by atoms with Gasteiger partial charge in [0.1, 0.15) is 17.4 Å². The van der Waals surface area contributed by atoms with Gasteiger partial charge in [-0.2, -0.15) is 0 Å². The van der Waals surface area contributed by atoms with Gasteiger partial charge < -0.3 is 10.1 Å². The Hall–Kier alpha value is -3.54. The van der Waals surface area contributed by atoms with E-state index in [4.69, 9.17) is 4.74 Å². The number of hydrogen-bond donors (Lipinski definition) is 1. The van der Waals surface area contributed by atoms with Crippen molar-refractivity contribution in [2.45, 2.75) is 6.42 Å². The number of carbonyl (C=O) groups is 1. The molecule has 142 valence electrons. The van der Waals surface area contributed by atoms with Crippen LogP contribution in [0.5, 0.6) is 11.6 Å². The van der Waals surface area contributed by atoms with E-state index in [1.165, 1.54) is 18.2 Å². The summed E-state index contributed by atoms with van der Waals surface area (Å²) in [6.45, 7) is 0.405. The van der Waals surface area contributed by atoms with Crippen LogP contribution in [-0.2, 0) is 11.2 Å². The van der Waals surface area contributed by atoms with Gasteiger partial charge in [0.2, 0.25) is 11.8 Å². The zero-order chi connectivity index (χ0) is 19.8. The lowest BCUT2D eigenvalue weighted by atomic mass is 10.1. The molecule has 0 spiro atoms. The number of pyridine rings is 1. The van der Waals surface area contributed by atoms with Crippen molar-refractivity contribution in [2.24, 2.45) is 0 Å². The number of benzene rings is 2. The predicted molar refractivity (Wildman–Crippen MR) is 103 cm³/mol. The van der Waals surface area contributed by atoms with E-state index in [2.05, 4.69) is 10.3 Å². The topological polar surface area (TPSA) is 51.2 Å². The molecule has 3 rings (SSSR count). The number of aromatic nitrogens is 1. The quantitative estimate of drug-likeness (QED) is 0.613. The van der Waals surface area contributed by atoms with Crippen LogP contribution in [0.4, 0.5) is 8.78 Å². The molecule has 3 aromatic rings. The number of rotatable bonds is 7. The molecule has 6 heteroatoms. The van der Waals surface area contributed by atoms with Crippen LogP contribution < -0.4 is 10.1 Å². The fourth-order valence-electron chi connectivity index (χ4n) is 2.48. The van der Waals surface area contributed by atoms with Crippen LogP contribution >= 0.6 is 0 Å². The van der Waals surface area contributed by atoms with E-state index in [0.29, 0.717) is 24.6 Å². The molecule has 28 heavy (non-hydrogen) atoms. The average Bonchev–Trinajstić information content (AvgIpc) is 2.68. The number of ether oxygens (including phenoxy) is 1. The number of nitrogens with one attached hydrogen (secondary N) is 1. The molecule has 0 radical (unpaired) electrons. The Morgan fingerprint density at radius 1 is 1.07 bits per heavy atom. The minimum absolute atomic E-state index is 0.149. The SMILES string of the molecule is O=C(C=Cc1ccc(F)cc1F)NCCc1cccc(Oc2ccccn2)c1. The molecule has 0 unspecified atom stereocenters. The van der Waals surface area contributed by atoms with Crippen molar-refractivity contribution < 1.29 is 18.3 Å². The van der Waals surface area contributed by atoms with Crippen LogP contribution in [0.25, 0.3) is 6.08 Å². The molecule has 0 aliphatic rings. The molecule has 1 amide bonds. The summed E-state index contributed by atoms with van der Waals surface area (Å²) in [4.78, 5) is 16.0. The molecule has 1 N–H and O–H groups in total. The maximum Gasteiger partial charge on any atom is 0.244 e. The van der Waals surface area contributed by atoms with E-state index < -0.39 is 11.6 Å². The standard InChI is InChI=1S/C22H18F2N2O2/c23-18-9-7-17(20(24)15-18)8-10-21(27)25-13-11-16-4-3-5-19(14-16)28-22-6-1-2-12-26-22/h1-10,12,14-15H,11,13H2,(H,25,27). The van der Waals surface area contributed by atoms with E-state index in [0.717, 1.165) is 17.7 Å². The summed E-state index contributed by atoms with van der Waals surface area (Å²) in [5, 5.41) is 2.73. The second kappa shape index (κ2) is 9.41. The molecule has 0 aliphatic carbocycles. The molecule has 4 nitrogen and oxygen atoms in total. The molecular formula is C22H18F2N2O2. The van der Waals surface area contributed by atoms with Gasteiger partial charge in [0.15, 0.2) is 0 Å². The Morgan fingerprint density at radius 2 is 1.96 bits per heavy atom. The summed E-state index contributed by atoms with van der Waals surface area (Å²) >= 11 is 0. The molecular weight excluding hydrogens is 362 g/mol. The number of carbonyl (C=O) groups excluding carboxylic acids is 1. The highest BCUT2D eigenvalue weighted by Crippen LogP contribution is 2.20. The highest BCUT2D eigenvalue weighted by Gasteiger charge is 2.03. The maximum absolute atomic E-state index is 13.5. The molecule has 1 aromatic heterocycles. The van der Waals surface area contributed by atoms with Gasteiger partial charge in [-0.15, -0.1) is 0 Å². The fraction of sp³-hybridized carbons (Fsp3) is 0.0909. The third kappa shape index (κ3) is 5.74. The normalized spacial score (nSPS) is 10.8. The highest BCUT2D eigenvalue weighted by atomic mass is 19.1. The lowest BCUT2D eigenvalue weighted by molar-refractivity contribution is -0.116. The minimum atomic E-state index is -0.714. The lowest BCUT2D eigenvalue weighted by Crippen LogP contribution is -2.23. The summed E-state index contributed by atoms with van der Waals surface area (Å²) in [5.74, 6) is -0.563.